The summed E-state index contributed by atoms with van der Waals surface area (Å²) in [7, 11) is 3.73. The number of carbonyl (C=O) groups is 1. The Morgan fingerprint density at radius 2 is 1.96 bits per heavy atom. The van der Waals surface area contributed by atoms with E-state index in [0.29, 0.717) is 0 Å². The Kier molecular flexibility index (Phi) is 6.79. The highest BCUT2D eigenvalue weighted by Gasteiger charge is 2.10. The normalized spacial score (nSPS) is 10.9. The van der Waals surface area contributed by atoms with Gasteiger partial charge in [0.15, 0.2) is 0 Å². The number of carbonyl (C=O) groups excluding carboxylic acids is 1. The number of hydrogen-bond donors (Lipinski definition) is 1. The average molecular weight is 396 g/mol. The van der Waals surface area contributed by atoms with Crippen molar-refractivity contribution in [3.05, 3.63) is 75.7 Å². The maximum Gasteiger partial charge on any atom is 0.231 e. The van der Waals surface area contributed by atoms with E-state index in [4.69, 9.17) is 4.74 Å². The van der Waals surface area contributed by atoms with Crippen molar-refractivity contribution in [3.63, 3.8) is 0 Å². The van der Waals surface area contributed by atoms with Crippen LogP contribution in [0.1, 0.15) is 21.8 Å². The predicted molar refractivity (Wildman–Crippen MR) is 114 cm³/mol. The average Bonchev–Trinajstić information content (AvgIpc) is 3.10. The van der Waals surface area contributed by atoms with Crippen LogP contribution in [0.2, 0.25) is 0 Å². The van der Waals surface area contributed by atoms with Crippen LogP contribution in [0.25, 0.3) is 0 Å². The van der Waals surface area contributed by atoms with E-state index in [1.54, 1.807) is 7.11 Å². The lowest BCUT2D eigenvalue weighted by Gasteiger charge is -2.15. The molecule has 1 heterocycles. The molecular weight excluding hydrogens is 370 g/mol. The van der Waals surface area contributed by atoms with Crippen LogP contribution in [-0.4, -0.2) is 29.9 Å². The Hall–Kier alpha value is -2.70. The third-order valence-corrected chi connectivity index (χ3v) is 5.16. The maximum atomic E-state index is 12.2. The van der Waals surface area contributed by atoms with Crippen LogP contribution in [0.15, 0.2) is 53.9 Å². The van der Waals surface area contributed by atoms with Crippen molar-refractivity contribution in [2.45, 2.75) is 26.4 Å². The van der Waals surface area contributed by atoms with Crippen molar-refractivity contribution in [2.24, 2.45) is 0 Å². The third-order valence-electron chi connectivity index (χ3n) is 4.26. The number of ether oxygens (including phenoxy) is 1. The first kappa shape index (κ1) is 20.0. The van der Waals surface area contributed by atoms with Crippen molar-refractivity contribution < 1.29 is 9.53 Å². The first-order valence-electron chi connectivity index (χ1n) is 9.13. The van der Waals surface area contributed by atoms with Gasteiger partial charge in [0.05, 0.1) is 19.2 Å². The summed E-state index contributed by atoms with van der Waals surface area (Å²) >= 11 is 1.53. The molecule has 1 amide bonds. The van der Waals surface area contributed by atoms with Gasteiger partial charge in [-0.3, -0.25) is 9.69 Å². The molecule has 0 radical (unpaired) electrons. The highest BCUT2D eigenvalue weighted by atomic mass is 32.1. The van der Waals surface area contributed by atoms with Crippen LogP contribution < -0.4 is 10.1 Å². The number of anilines is 1. The largest absolute Gasteiger partial charge is 0.497 e. The lowest BCUT2D eigenvalue weighted by atomic mass is 10.2. The molecule has 0 aliphatic carbocycles. The molecule has 0 spiro atoms. The number of nitrogens with zero attached hydrogens (tertiary/aromatic N) is 2. The molecule has 0 saturated heterocycles. The van der Waals surface area contributed by atoms with Crippen LogP contribution in [0.3, 0.4) is 0 Å². The van der Waals surface area contributed by atoms with E-state index < -0.39 is 0 Å². The number of methoxy groups -OCH3 is 1. The van der Waals surface area contributed by atoms with Crippen molar-refractivity contribution >= 4 is 22.9 Å². The number of rotatable bonds is 8. The SMILES string of the molecule is COc1cccc(CN(C)Cc2csc(CC(=O)Nc3ccc(C)cc3)n2)c1. The summed E-state index contributed by atoms with van der Waals surface area (Å²) in [5.74, 6) is 0.816. The number of benzene rings is 2. The molecule has 0 bridgehead atoms. The summed E-state index contributed by atoms with van der Waals surface area (Å²) in [5.41, 5.74) is 4.15. The van der Waals surface area contributed by atoms with Gasteiger partial charge >= 0.3 is 0 Å². The van der Waals surface area contributed by atoms with E-state index in [1.165, 1.54) is 22.5 Å². The minimum atomic E-state index is -0.0468. The topological polar surface area (TPSA) is 54.5 Å². The number of amides is 1. The second kappa shape index (κ2) is 9.48. The Morgan fingerprint density at radius 1 is 1.18 bits per heavy atom. The summed E-state index contributed by atoms with van der Waals surface area (Å²) in [6, 6.07) is 15.8. The molecule has 0 aliphatic heterocycles. The molecule has 3 aromatic rings. The van der Waals surface area contributed by atoms with Gasteiger partial charge in [-0.2, -0.15) is 0 Å². The maximum absolute atomic E-state index is 12.2. The molecule has 6 heteroatoms. The van der Waals surface area contributed by atoms with Gasteiger partial charge in [0.2, 0.25) is 5.91 Å². The fourth-order valence-corrected chi connectivity index (χ4v) is 3.68. The van der Waals surface area contributed by atoms with Crippen molar-refractivity contribution in [3.8, 4) is 5.75 Å². The van der Waals surface area contributed by atoms with E-state index >= 15 is 0 Å². The second-order valence-electron chi connectivity index (χ2n) is 6.85. The molecule has 1 aromatic heterocycles. The number of aromatic nitrogens is 1. The van der Waals surface area contributed by atoms with Gasteiger partial charge in [0, 0.05) is 24.2 Å². The van der Waals surface area contributed by atoms with Crippen molar-refractivity contribution in [1.29, 1.82) is 0 Å². The zero-order valence-corrected chi connectivity index (χ0v) is 17.3. The van der Waals surface area contributed by atoms with Crippen molar-refractivity contribution in [2.75, 3.05) is 19.5 Å². The quantitative estimate of drug-likeness (QED) is 0.619. The summed E-state index contributed by atoms with van der Waals surface area (Å²) in [5, 5.41) is 5.77. The van der Waals surface area contributed by atoms with Gasteiger partial charge in [-0.25, -0.2) is 4.98 Å². The number of aryl methyl sites for hydroxylation is 1. The Morgan fingerprint density at radius 3 is 2.71 bits per heavy atom. The number of hydrogen-bond acceptors (Lipinski definition) is 5. The Balaban J connectivity index is 1.51. The van der Waals surface area contributed by atoms with Gasteiger partial charge < -0.3 is 10.1 Å². The molecule has 0 saturated carbocycles. The molecule has 0 atom stereocenters. The standard InChI is InChI=1S/C22H25N3O2S/c1-16-7-9-18(10-8-16)23-21(26)12-22-24-19(15-28-22)14-25(2)13-17-5-4-6-20(11-17)27-3/h4-11,15H,12-14H2,1-3H3,(H,23,26). The molecular formula is C22H25N3O2S. The minimum Gasteiger partial charge on any atom is -0.497 e. The van der Waals surface area contributed by atoms with Gasteiger partial charge in [0.1, 0.15) is 10.8 Å². The van der Waals surface area contributed by atoms with E-state index in [2.05, 4.69) is 28.3 Å². The predicted octanol–water partition coefficient (Wildman–Crippen LogP) is 4.27. The molecule has 3 rings (SSSR count). The highest BCUT2D eigenvalue weighted by molar-refractivity contribution is 7.09. The van der Waals surface area contributed by atoms with Crippen LogP contribution in [0, 0.1) is 6.92 Å². The summed E-state index contributed by atoms with van der Waals surface area (Å²) in [4.78, 5) is 19.0. The smallest absolute Gasteiger partial charge is 0.231 e. The molecule has 0 unspecified atom stereocenters. The van der Waals surface area contributed by atoms with E-state index in [1.807, 2.05) is 54.8 Å². The van der Waals surface area contributed by atoms with Gasteiger partial charge in [-0.1, -0.05) is 29.8 Å². The molecule has 0 fully saturated rings. The highest BCUT2D eigenvalue weighted by Crippen LogP contribution is 2.17. The lowest BCUT2D eigenvalue weighted by molar-refractivity contribution is -0.115. The zero-order chi connectivity index (χ0) is 19.9. The lowest BCUT2D eigenvalue weighted by Crippen LogP contribution is -2.18. The first-order chi connectivity index (χ1) is 13.5. The Bertz CT molecular complexity index is 922. The van der Waals surface area contributed by atoms with Crippen molar-refractivity contribution in [1.82, 2.24) is 9.88 Å². The van der Waals surface area contributed by atoms with Crippen LogP contribution >= 0.6 is 11.3 Å². The fraction of sp³-hybridized carbons (Fsp3) is 0.273. The number of thiazole rings is 1. The molecule has 0 aliphatic rings. The second-order valence-corrected chi connectivity index (χ2v) is 7.79. The van der Waals surface area contributed by atoms with Crippen LogP contribution in [0.4, 0.5) is 5.69 Å². The van der Waals surface area contributed by atoms with Gasteiger partial charge in [-0.15, -0.1) is 11.3 Å². The first-order valence-corrected chi connectivity index (χ1v) is 10.0. The van der Waals surface area contributed by atoms with Gasteiger partial charge in [-0.05, 0) is 43.8 Å². The molecule has 28 heavy (non-hydrogen) atoms. The van der Waals surface area contributed by atoms with Gasteiger partial charge in [0.25, 0.3) is 0 Å². The molecule has 2 aromatic carbocycles. The summed E-state index contributed by atoms with van der Waals surface area (Å²) in [6.07, 6.45) is 0.290. The van der Waals surface area contributed by atoms with E-state index in [9.17, 15) is 4.79 Å². The van der Waals surface area contributed by atoms with Crippen LogP contribution in [0.5, 0.6) is 5.75 Å². The van der Waals surface area contributed by atoms with E-state index in [0.717, 1.165) is 35.2 Å². The fourth-order valence-electron chi connectivity index (χ4n) is 2.90. The zero-order valence-electron chi connectivity index (χ0n) is 16.4. The molecule has 5 nitrogen and oxygen atoms in total. The summed E-state index contributed by atoms with van der Waals surface area (Å²) in [6.45, 7) is 3.55. The summed E-state index contributed by atoms with van der Waals surface area (Å²) < 4.78 is 5.28. The Labute approximate surface area is 170 Å². The molecule has 146 valence electrons. The minimum absolute atomic E-state index is 0.0468. The monoisotopic (exact) mass is 395 g/mol. The number of nitrogens with one attached hydrogen (secondary N) is 1. The van der Waals surface area contributed by atoms with Crippen LogP contribution in [-0.2, 0) is 24.3 Å². The van der Waals surface area contributed by atoms with E-state index in [-0.39, 0.29) is 12.3 Å². The third kappa shape index (κ3) is 5.90. The molecule has 1 N–H and O–H groups in total.